The zero-order valence-corrected chi connectivity index (χ0v) is 5.95. The second-order valence-electron chi connectivity index (χ2n) is 2.45. The van der Waals surface area contributed by atoms with Crippen molar-refractivity contribution in [3.8, 4) is 11.5 Å². The Hall–Kier alpha value is -1.44. The minimum Gasteiger partial charge on any atom is -0.508 e. The Morgan fingerprint density at radius 3 is 3.09 bits per heavy atom. The van der Waals surface area contributed by atoms with Gasteiger partial charge in [-0.05, 0) is 18.2 Å². The first-order valence-corrected chi connectivity index (χ1v) is 3.50. The van der Waals surface area contributed by atoms with E-state index in [1.807, 2.05) is 12.1 Å². The highest BCUT2D eigenvalue weighted by Crippen LogP contribution is 2.30. The van der Waals surface area contributed by atoms with Crippen molar-refractivity contribution in [1.29, 1.82) is 0 Å². The number of hydrogen-bond acceptors (Lipinski definition) is 2. The summed E-state index contributed by atoms with van der Waals surface area (Å²) in [5, 5.41) is 9.34. The molecule has 0 radical (unpaired) electrons. The van der Waals surface area contributed by atoms with Crippen LogP contribution in [0, 0.1) is 0 Å². The zero-order valence-electron chi connectivity index (χ0n) is 5.95. The smallest absolute Gasteiger partial charge is 0.133 e. The van der Waals surface area contributed by atoms with Crippen LogP contribution >= 0.6 is 0 Å². The number of phenols is 1. The van der Waals surface area contributed by atoms with Crippen LogP contribution in [0.3, 0.4) is 0 Å². The molecule has 0 aliphatic carbocycles. The highest BCUT2D eigenvalue weighted by atomic mass is 16.5. The molecule has 1 aromatic carbocycles. The molecule has 0 spiro atoms. The molecule has 1 N–H and O–H groups in total. The predicted octanol–water partition coefficient (Wildman–Crippen LogP) is 1.84. The van der Waals surface area contributed by atoms with Gasteiger partial charge in [-0.15, -0.1) is 0 Å². The first kappa shape index (κ1) is 6.28. The molecular weight excluding hydrogens is 140 g/mol. The highest BCUT2D eigenvalue weighted by Gasteiger charge is 2.09. The number of hydrogen-bond donors (Lipinski definition) is 1. The Morgan fingerprint density at radius 1 is 1.36 bits per heavy atom. The third kappa shape index (κ3) is 0.963. The molecule has 56 valence electrons. The molecule has 0 saturated carbocycles. The van der Waals surface area contributed by atoms with E-state index >= 15 is 0 Å². The van der Waals surface area contributed by atoms with Crippen LogP contribution in [0.1, 0.15) is 5.56 Å². The van der Waals surface area contributed by atoms with Gasteiger partial charge in [0.05, 0.1) is 6.26 Å². The van der Waals surface area contributed by atoms with Gasteiger partial charge in [0, 0.05) is 12.0 Å². The van der Waals surface area contributed by atoms with Crippen molar-refractivity contribution in [2.24, 2.45) is 0 Å². The van der Waals surface area contributed by atoms with Gasteiger partial charge in [-0.25, -0.2) is 0 Å². The SMILES string of the molecule is Oc1cccc2c1CC=CO2. The molecule has 0 amide bonds. The predicted molar refractivity (Wildman–Crippen MR) is 41.6 cm³/mol. The molecule has 0 atom stereocenters. The van der Waals surface area contributed by atoms with E-state index in [0.29, 0.717) is 5.75 Å². The van der Waals surface area contributed by atoms with Crippen LogP contribution in [0.15, 0.2) is 30.5 Å². The average Bonchev–Trinajstić information content (AvgIpc) is 2.06. The van der Waals surface area contributed by atoms with Crippen molar-refractivity contribution >= 4 is 0 Å². The Bertz CT molecular complexity index is 302. The van der Waals surface area contributed by atoms with E-state index in [2.05, 4.69) is 0 Å². The molecule has 0 unspecified atom stereocenters. The largest absolute Gasteiger partial charge is 0.508 e. The van der Waals surface area contributed by atoms with E-state index in [9.17, 15) is 5.11 Å². The fourth-order valence-corrected chi connectivity index (χ4v) is 1.16. The Balaban J connectivity index is 2.54. The lowest BCUT2D eigenvalue weighted by Crippen LogP contribution is -1.95. The van der Waals surface area contributed by atoms with Gasteiger partial charge in [-0.2, -0.15) is 0 Å². The van der Waals surface area contributed by atoms with Crippen molar-refractivity contribution < 1.29 is 9.84 Å². The molecule has 1 aliphatic rings. The second-order valence-corrected chi connectivity index (χ2v) is 2.45. The van der Waals surface area contributed by atoms with E-state index in [1.165, 1.54) is 0 Å². The Labute approximate surface area is 64.7 Å². The summed E-state index contributed by atoms with van der Waals surface area (Å²) in [5.74, 6) is 1.07. The van der Waals surface area contributed by atoms with Crippen molar-refractivity contribution in [1.82, 2.24) is 0 Å². The maximum absolute atomic E-state index is 9.34. The standard InChI is InChI=1S/C9H8O2/c10-8-4-1-5-9-7(8)3-2-6-11-9/h1-2,4-6,10H,3H2. The van der Waals surface area contributed by atoms with Gasteiger partial charge in [-0.1, -0.05) is 6.07 Å². The van der Waals surface area contributed by atoms with E-state index in [-0.39, 0.29) is 0 Å². The van der Waals surface area contributed by atoms with Crippen molar-refractivity contribution in [3.05, 3.63) is 36.1 Å². The van der Waals surface area contributed by atoms with Gasteiger partial charge in [-0.3, -0.25) is 0 Å². The first-order valence-electron chi connectivity index (χ1n) is 3.50. The van der Waals surface area contributed by atoms with Crippen LogP contribution < -0.4 is 4.74 Å². The van der Waals surface area contributed by atoms with Gasteiger partial charge < -0.3 is 9.84 Å². The normalized spacial score (nSPS) is 13.8. The summed E-state index contributed by atoms with van der Waals surface area (Å²) in [5.41, 5.74) is 0.870. The van der Waals surface area contributed by atoms with Crippen molar-refractivity contribution in [2.45, 2.75) is 6.42 Å². The summed E-state index contributed by atoms with van der Waals surface area (Å²) in [4.78, 5) is 0. The maximum Gasteiger partial charge on any atom is 0.133 e. The maximum atomic E-state index is 9.34. The average molecular weight is 148 g/mol. The minimum atomic E-state index is 0.312. The Morgan fingerprint density at radius 2 is 2.27 bits per heavy atom. The lowest BCUT2D eigenvalue weighted by molar-refractivity contribution is 0.435. The molecule has 2 rings (SSSR count). The van der Waals surface area contributed by atoms with Crippen LogP contribution in [-0.2, 0) is 6.42 Å². The number of rotatable bonds is 0. The number of aromatic hydroxyl groups is 1. The molecule has 0 aromatic heterocycles. The lowest BCUT2D eigenvalue weighted by atomic mass is 10.1. The topological polar surface area (TPSA) is 29.5 Å². The molecule has 2 heteroatoms. The van der Waals surface area contributed by atoms with Gasteiger partial charge >= 0.3 is 0 Å². The van der Waals surface area contributed by atoms with Crippen LogP contribution in [0.5, 0.6) is 11.5 Å². The summed E-state index contributed by atoms with van der Waals surface area (Å²) >= 11 is 0. The second kappa shape index (κ2) is 2.31. The highest BCUT2D eigenvalue weighted by molar-refractivity contribution is 5.46. The summed E-state index contributed by atoms with van der Waals surface area (Å²) in [7, 11) is 0. The van der Waals surface area contributed by atoms with Gasteiger partial charge in [0.1, 0.15) is 11.5 Å². The van der Waals surface area contributed by atoms with E-state index in [0.717, 1.165) is 17.7 Å². The van der Waals surface area contributed by atoms with Gasteiger partial charge in [0.2, 0.25) is 0 Å². The molecule has 1 heterocycles. The van der Waals surface area contributed by atoms with Crippen LogP contribution in [0.25, 0.3) is 0 Å². The van der Waals surface area contributed by atoms with Gasteiger partial charge in [0.25, 0.3) is 0 Å². The molecule has 1 aromatic rings. The summed E-state index contributed by atoms with van der Waals surface area (Å²) < 4.78 is 5.16. The summed E-state index contributed by atoms with van der Waals surface area (Å²) in [6.07, 6.45) is 4.27. The third-order valence-electron chi connectivity index (χ3n) is 1.72. The number of benzene rings is 1. The summed E-state index contributed by atoms with van der Waals surface area (Å²) in [6.45, 7) is 0. The quantitative estimate of drug-likeness (QED) is 0.608. The van der Waals surface area contributed by atoms with Crippen LogP contribution in [0.2, 0.25) is 0 Å². The first-order chi connectivity index (χ1) is 5.38. The molecule has 0 saturated heterocycles. The fourth-order valence-electron chi connectivity index (χ4n) is 1.16. The van der Waals surface area contributed by atoms with E-state index in [4.69, 9.17) is 4.74 Å². The monoisotopic (exact) mass is 148 g/mol. The van der Waals surface area contributed by atoms with E-state index in [1.54, 1.807) is 18.4 Å². The molecule has 0 fully saturated rings. The number of fused-ring (bicyclic) bond motifs is 1. The third-order valence-corrected chi connectivity index (χ3v) is 1.72. The number of allylic oxidation sites excluding steroid dienone is 1. The minimum absolute atomic E-state index is 0.312. The number of phenolic OH excluding ortho intramolecular Hbond substituents is 1. The molecule has 2 nitrogen and oxygen atoms in total. The fraction of sp³-hybridized carbons (Fsp3) is 0.111. The molecular formula is C9H8O2. The Kier molecular flexibility index (Phi) is 1.32. The molecule has 0 bridgehead atoms. The van der Waals surface area contributed by atoms with Crippen molar-refractivity contribution in [2.75, 3.05) is 0 Å². The van der Waals surface area contributed by atoms with Crippen molar-refractivity contribution in [3.63, 3.8) is 0 Å². The number of ether oxygens (including phenoxy) is 1. The molecule has 1 aliphatic heterocycles. The van der Waals surface area contributed by atoms with E-state index < -0.39 is 0 Å². The zero-order chi connectivity index (χ0) is 7.68. The van der Waals surface area contributed by atoms with Crippen LogP contribution in [0.4, 0.5) is 0 Å². The van der Waals surface area contributed by atoms with Crippen LogP contribution in [-0.4, -0.2) is 5.11 Å². The molecule has 11 heavy (non-hydrogen) atoms. The van der Waals surface area contributed by atoms with Gasteiger partial charge in [0.15, 0.2) is 0 Å². The lowest BCUT2D eigenvalue weighted by Gasteiger charge is -2.11. The summed E-state index contributed by atoms with van der Waals surface area (Å²) in [6, 6.07) is 5.28.